The third kappa shape index (κ3) is 4.75. The van der Waals surface area contributed by atoms with Crippen LogP contribution in [0, 0.1) is 5.82 Å². The summed E-state index contributed by atoms with van der Waals surface area (Å²) in [6.07, 6.45) is 0.199. The molecule has 0 aliphatic carbocycles. The lowest BCUT2D eigenvalue weighted by molar-refractivity contribution is -0.117. The first kappa shape index (κ1) is 19.4. The van der Waals surface area contributed by atoms with Crippen LogP contribution in [-0.4, -0.2) is 24.5 Å². The van der Waals surface area contributed by atoms with Gasteiger partial charge in [-0.3, -0.25) is 4.79 Å². The van der Waals surface area contributed by atoms with Crippen LogP contribution in [0.4, 0.5) is 31.9 Å². The smallest absolute Gasteiger partial charge is 0.319 e. The van der Waals surface area contributed by atoms with Crippen molar-refractivity contribution in [3.8, 4) is 0 Å². The highest BCUT2D eigenvalue weighted by atomic mass is 19.1. The van der Waals surface area contributed by atoms with Gasteiger partial charge in [-0.1, -0.05) is 18.2 Å². The van der Waals surface area contributed by atoms with Gasteiger partial charge in [0.2, 0.25) is 5.91 Å². The number of hydrogen-bond donors (Lipinski definition) is 3. The molecule has 1 fully saturated rings. The van der Waals surface area contributed by atoms with E-state index < -0.39 is 0 Å². The van der Waals surface area contributed by atoms with Gasteiger partial charge >= 0.3 is 6.03 Å². The number of amides is 3. The first-order chi connectivity index (χ1) is 14.6. The molecule has 152 valence electrons. The third-order valence-corrected chi connectivity index (χ3v) is 4.80. The maximum absolute atomic E-state index is 13.1. The SMILES string of the molecule is O=C(Nc1ccc(Nc2ccccc2)cc1)NC1CC(=O)N(c2ccc(F)cc2)C1. The van der Waals surface area contributed by atoms with Crippen LogP contribution in [0.2, 0.25) is 0 Å². The Labute approximate surface area is 173 Å². The van der Waals surface area contributed by atoms with E-state index in [-0.39, 0.29) is 30.2 Å². The lowest BCUT2D eigenvalue weighted by atomic mass is 10.2. The number of halogens is 1. The van der Waals surface area contributed by atoms with Crippen LogP contribution < -0.4 is 20.9 Å². The molecule has 3 aromatic rings. The molecule has 3 N–H and O–H groups in total. The Hall–Kier alpha value is -3.87. The molecular weight excluding hydrogens is 383 g/mol. The van der Waals surface area contributed by atoms with Crippen molar-refractivity contribution in [2.75, 3.05) is 22.1 Å². The monoisotopic (exact) mass is 404 g/mol. The van der Waals surface area contributed by atoms with Gasteiger partial charge in [0.25, 0.3) is 0 Å². The summed E-state index contributed by atoms with van der Waals surface area (Å²) in [5.41, 5.74) is 3.15. The van der Waals surface area contributed by atoms with E-state index in [2.05, 4.69) is 16.0 Å². The highest BCUT2D eigenvalue weighted by Gasteiger charge is 2.31. The summed E-state index contributed by atoms with van der Waals surface area (Å²) in [5.74, 6) is -0.465. The van der Waals surface area contributed by atoms with Gasteiger partial charge in [0.1, 0.15) is 5.82 Å². The average Bonchev–Trinajstić information content (AvgIpc) is 3.10. The number of carbonyl (C=O) groups is 2. The predicted molar refractivity (Wildman–Crippen MR) is 115 cm³/mol. The van der Waals surface area contributed by atoms with Crippen LogP contribution in [0.5, 0.6) is 0 Å². The molecule has 30 heavy (non-hydrogen) atoms. The summed E-state index contributed by atoms with van der Waals surface area (Å²) in [6, 6.07) is 22.2. The zero-order valence-electron chi connectivity index (χ0n) is 16.1. The molecule has 1 saturated heterocycles. The van der Waals surface area contributed by atoms with Crippen molar-refractivity contribution >= 4 is 34.7 Å². The minimum atomic E-state index is -0.377. The van der Waals surface area contributed by atoms with E-state index >= 15 is 0 Å². The quantitative estimate of drug-likeness (QED) is 0.586. The van der Waals surface area contributed by atoms with E-state index in [1.54, 1.807) is 29.2 Å². The number of anilines is 4. The summed E-state index contributed by atoms with van der Waals surface area (Å²) in [7, 11) is 0. The van der Waals surface area contributed by atoms with Gasteiger partial charge in [0.15, 0.2) is 0 Å². The summed E-state index contributed by atoms with van der Waals surface area (Å²) >= 11 is 0. The van der Waals surface area contributed by atoms with Crippen molar-refractivity contribution in [2.45, 2.75) is 12.5 Å². The lowest BCUT2D eigenvalue weighted by Crippen LogP contribution is -2.39. The second-order valence-corrected chi connectivity index (χ2v) is 7.05. The fourth-order valence-electron chi connectivity index (χ4n) is 3.35. The van der Waals surface area contributed by atoms with Gasteiger partial charge in [-0.15, -0.1) is 0 Å². The molecule has 1 unspecified atom stereocenters. The summed E-state index contributed by atoms with van der Waals surface area (Å²) in [4.78, 5) is 26.1. The fraction of sp³-hybridized carbons (Fsp3) is 0.130. The summed E-state index contributed by atoms with van der Waals surface area (Å²) in [6.45, 7) is 0.345. The molecule has 3 aromatic carbocycles. The molecule has 1 atom stereocenters. The topological polar surface area (TPSA) is 73.5 Å². The number of benzene rings is 3. The van der Waals surface area contributed by atoms with Gasteiger partial charge in [-0.2, -0.15) is 0 Å². The van der Waals surface area contributed by atoms with Gasteiger partial charge in [-0.25, -0.2) is 9.18 Å². The summed E-state index contributed by atoms with van der Waals surface area (Å²) < 4.78 is 13.1. The van der Waals surface area contributed by atoms with Gasteiger partial charge in [0, 0.05) is 35.7 Å². The maximum Gasteiger partial charge on any atom is 0.319 e. The molecule has 1 aliphatic rings. The first-order valence-electron chi connectivity index (χ1n) is 9.62. The van der Waals surface area contributed by atoms with E-state index in [0.717, 1.165) is 11.4 Å². The van der Waals surface area contributed by atoms with E-state index in [1.165, 1.54) is 12.1 Å². The largest absolute Gasteiger partial charge is 0.356 e. The van der Waals surface area contributed by atoms with E-state index in [1.807, 2.05) is 42.5 Å². The summed E-state index contributed by atoms with van der Waals surface area (Å²) in [5, 5.41) is 8.88. The van der Waals surface area contributed by atoms with Crippen LogP contribution >= 0.6 is 0 Å². The molecular formula is C23H21FN4O2. The second kappa shape index (κ2) is 8.65. The molecule has 3 amide bonds. The maximum atomic E-state index is 13.1. The van der Waals surface area contributed by atoms with Crippen LogP contribution in [0.15, 0.2) is 78.9 Å². The average molecular weight is 404 g/mol. The molecule has 7 heteroatoms. The minimum Gasteiger partial charge on any atom is -0.356 e. The highest BCUT2D eigenvalue weighted by molar-refractivity contribution is 5.97. The second-order valence-electron chi connectivity index (χ2n) is 7.05. The molecule has 4 rings (SSSR count). The van der Waals surface area contributed by atoms with Crippen molar-refractivity contribution in [1.82, 2.24) is 5.32 Å². The van der Waals surface area contributed by atoms with Crippen molar-refractivity contribution in [2.24, 2.45) is 0 Å². The van der Waals surface area contributed by atoms with Crippen LogP contribution in [0.1, 0.15) is 6.42 Å². The number of para-hydroxylation sites is 1. The van der Waals surface area contributed by atoms with E-state index in [9.17, 15) is 14.0 Å². The highest BCUT2D eigenvalue weighted by Crippen LogP contribution is 2.22. The van der Waals surface area contributed by atoms with Crippen molar-refractivity contribution < 1.29 is 14.0 Å². The third-order valence-electron chi connectivity index (χ3n) is 4.80. The van der Waals surface area contributed by atoms with E-state index in [0.29, 0.717) is 17.9 Å². The number of hydrogen-bond acceptors (Lipinski definition) is 3. The molecule has 0 spiro atoms. The molecule has 0 radical (unpaired) electrons. The molecule has 1 aliphatic heterocycles. The van der Waals surface area contributed by atoms with Crippen molar-refractivity contribution in [3.05, 3.63) is 84.7 Å². The zero-order chi connectivity index (χ0) is 20.9. The minimum absolute atomic E-state index is 0.108. The standard InChI is InChI=1S/C23H21FN4O2/c24-16-6-12-21(13-7-16)28-15-20(14-22(28)29)27-23(30)26-19-10-8-18(9-11-19)25-17-4-2-1-3-5-17/h1-13,20,25H,14-15H2,(H2,26,27,30). The van der Waals surface area contributed by atoms with Crippen LogP contribution in [0.25, 0.3) is 0 Å². The number of urea groups is 1. The number of carbonyl (C=O) groups excluding carboxylic acids is 2. The van der Waals surface area contributed by atoms with Gasteiger partial charge in [-0.05, 0) is 60.7 Å². The molecule has 1 heterocycles. The normalized spacial score (nSPS) is 15.7. The Balaban J connectivity index is 1.30. The Morgan fingerprint density at radius 1 is 0.867 bits per heavy atom. The molecule has 0 saturated carbocycles. The number of nitrogens with zero attached hydrogens (tertiary/aromatic N) is 1. The molecule has 0 aromatic heterocycles. The zero-order valence-corrected chi connectivity index (χ0v) is 16.1. The predicted octanol–water partition coefficient (Wildman–Crippen LogP) is 4.50. The fourth-order valence-corrected chi connectivity index (χ4v) is 3.35. The van der Waals surface area contributed by atoms with Crippen LogP contribution in [-0.2, 0) is 4.79 Å². The Kier molecular flexibility index (Phi) is 5.61. The Morgan fingerprint density at radius 2 is 1.50 bits per heavy atom. The van der Waals surface area contributed by atoms with Gasteiger partial charge < -0.3 is 20.9 Å². The van der Waals surface area contributed by atoms with Crippen molar-refractivity contribution in [3.63, 3.8) is 0 Å². The number of nitrogens with one attached hydrogen (secondary N) is 3. The Morgan fingerprint density at radius 3 is 2.20 bits per heavy atom. The molecule has 0 bridgehead atoms. The van der Waals surface area contributed by atoms with Gasteiger partial charge in [0.05, 0.1) is 6.04 Å². The molecule has 6 nitrogen and oxygen atoms in total. The van der Waals surface area contributed by atoms with E-state index in [4.69, 9.17) is 0 Å². The van der Waals surface area contributed by atoms with Crippen LogP contribution in [0.3, 0.4) is 0 Å². The van der Waals surface area contributed by atoms with Crippen molar-refractivity contribution in [1.29, 1.82) is 0 Å². The number of rotatable bonds is 5. The first-order valence-corrected chi connectivity index (χ1v) is 9.62. The Bertz CT molecular complexity index is 1020. The lowest BCUT2D eigenvalue weighted by Gasteiger charge is -2.17.